The van der Waals surface area contributed by atoms with Gasteiger partial charge < -0.3 is 10.1 Å². The van der Waals surface area contributed by atoms with E-state index in [4.69, 9.17) is 4.74 Å². The first-order valence-corrected chi connectivity index (χ1v) is 9.60. The zero-order valence-electron chi connectivity index (χ0n) is 15.4. The minimum Gasteiger partial charge on any atom is -0.497 e. The van der Waals surface area contributed by atoms with E-state index in [1.165, 1.54) is 5.56 Å². The number of benzene rings is 3. The average molecular weight is 424 g/mol. The lowest BCUT2D eigenvalue weighted by Crippen LogP contribution is -2.16. The van der Waals surface area contributed by atoms with Crippen LogP contribution in [-0.4, -0.2) is 12.9 Å². The molecule has 0 spiro atoms. The molecule has 0 bridgehead atoms. The first-order valence-electron chi connectivity index (χ1n) is 8.81. The number of ether oxygens (including phenoxy) is 1. The molecule has 0 radical (unpaired) electrons. The standard InChI is InChI=1S/C23H22BrNO2/c1-16-4-3-5-20(14-16)25-22(17-8-12-21(27-2)13-9-17)15-23(26)18-6-10-19(24)11-7-18/h3-14,22,25H,15H2,1-2H3/t22-/m0/s1. The summed E-state index contributed by atoms with van der Waals surface area (Å²) in [6, 6.07) is 23.4. The van der Waals surface area contributed by atoms with Gasteiger partial charge in [0.1, 0.15) is 5.75 Å². The summed E-state index contributed by atoms with van der Waals surface area (Å²) in [5.74, 6) is 0.899. The Bertz CT molecular complexity index is 904. The molecule has 0 saturated heterocycles. The van der Waals surface area contributed by atoms with Crippen molar-refractivity contribution in [3.8, 4) is 5.75 Å². The Morgan fingerprint density at radius 3 is 2.37 bits per heavy atom. The summed E-state index contributed by atoms with van der Waals surface area (Å²) >= 11 is 3.41. The number of carbonyl (C=O) groups excluding carboxylic acids is 1. The molecule has 0 aliphatic rings. The summed E-state index contributed by atoms with van der Waals surface area (Å²) in [6.07, 6.45) is 0.363. The van der Waals surface area contributed by atoms with Gasteiger partial charge in [-0.3, -0.25) is 4.79 Å². The number of anilines is 1. The average Bonchev–Trinajstić information content (AvgIpc) is 2.68. The number of nitrogens with one attached hydrogen (secondary N) is 1. The van der Waals surface area contributed by atoms with Gasteiger partial charge in [-0.1, -0.05) is 52.3 Å². The van der Waals surface area contributed by atoms with E-state index < -0.39 is 0 Å². The van der Waals surface area contributed by atoms with Crippen LogP contribution in [0.15, 0.2) is 77.3 Å². The predicted octanol–water partition coefficient (Wildman–Crippen LogP) is 6.19. The predicted molar refractivity (Wildman–Crippen MR) is 114 cm³/mol. The molecule has 1 N–H and O–H groups in total. The molecule has 3 nitrogen and oxygen atoms in total. The highest BCUT2D eigenvalue weighted by molar-refractivity contribution is 9.10. The lowest BCUT2D eigenvalue weighted by atomic mass is 9.97. The van der Waals surface area contributed by atoms with E-state index in [1.54, 1.807) is 7.11 Å². The first-order chi connectivity index (χ1) is 13.0. The van der Waals surface area contributed by atoms with E-state index in [-0.39, 0.29) is 11.8 Å². The van der Waals surface area contributed by atoms with Gasteiger partial charge in [0.05, 0.1) is 13.2 Å². The summed E-state index contributed by atoms with van der Waals surface area (Å²) in [7, 11) is 1.65. The third-order valence-electron chi connectivity index (χ3n) is 4.43. The largest absolute Gasteiger partial charge is 0.497 e. The molecule has 0 unspecified atom stereocenters. The molecule has 1 atom stereocenters. The monoisotopic (exact) mass is 423 g/mol. The lowest BCUT2D eigenvalue weighted by molar-refractivity contribution is 0.0976. The van der Waals surface area contributed by atoms with Crippen LogP contribution in [0.3, 0.4) is 0 Å². The zero-order chi connectivity index (χ0) is 19.2. The Morgan fingerprint density at radius 1 is 1.04 bits per heavy atom. The van der Waals surface area contributed by atoms with Gasteiger partial charge in [-0.25, -0.2) is 0 Å². The van der Waals surface area contributed by atoms with Crippen LogP contribution in [0.2, 0.25) is 0 Å². The van der Waals surface area contributed by atoms with E-state index in [1.807, 2.05) is 60.7 Å². The van der Waals surface area contributed by atoms with E-state index in [2.05, 4.69) is 40.3 Å². The van der Waals surface area contributed by atoms with Gasteiger partial charge in [-0.15, -0.1) is 0 Å². The SMILES string of the molecule is COc1ccc([C@H](CC(=O)c2ccc(Br)cc2)Nc2cccc(C)c2)cc1. The second kappa shape index (κ2) is 8.87. The third kappa shape index (κ3) is 5.20. The van der Waals surface area contributed by atoms with Crippen LogP contribution in [0.4, 0.5) is 5.69 Å². The van der Waals surface area contributed by atoms with Crippen molar-refractivity contribution in [2.75, 3.05) is 12.4 Å². The molecular weight excluding hydrogens is 402 g/mol. The molecule has 3 aromatic rings. The molecule has 0 fully saturated rings. The number of hydrogen-bond acceptors (Lipinski definition) is 3. The number of halogens is 1. The molecule has 3 aromatic carbocycles. The minimum atomic E-state index is -0.131. The molecule has 0 heterocycles. The van der Waals surface area contributed by atoms with Crippen LogP contribution in [-0.2, 0) is 0 Å². The van der Waals surface area contributed by atoms with Crippen LogP contribution >= 0.6 is 15.9 Å². The molecule has 0 aromatic heterocycles. The zero-order valence-corrected chi connectivity index (χ0v) is 17.0. The molecular formula is C23H22BrNO2. The van der Waals surface area contributed by atoms with Crippen LogP contribution in [0.1, 0.15) is 33.9 Å². The van der Waals surface area contributed by atoms with Crippen LogP contribution in [0.5, 0.6) is 5.75 Å². The van der Waals surface area contributed by atoms with Crippen molar-refractivity contribution >= 4 is 27.4 Å². The van der Waals surface area contributed by atoms with E-state index >= 15 is 0 Å². The Kier molecular flexibility index (Phi) is 6.30. The van der Waals surface area contributed by atoms with Crippen LogP contribution in [0, 0.1) is 6.92 Å². The van der Waals surface area contributed by atoms with Crippen molar-refractivity contribution < 1.29 is 9.53 Å². The van der Waals surface area contributed by atoms with Gasteiger partial charge in [0.25, 0.3) is 0 Å². The smallest absolute Gasteiger partial charge is 0.165 e. The summed E-state index contributed by atoms with van der Waals surface area (Å²) in [5.41, 5.74) is 3.93. The number of hydrogen-bond donors (Lipinski definition) is 1. The Morgan fingerprint density at radius 2 is 1.74 bits per heavy atom. The fourth-order valence-corrected chi connectivity index (χ4v) is 3.23. The summed E-state index contributed by atoms with van der Waals surface area (Å²) in [4.78, 5) is 12.8. The van der Waals surface area contributed by atoms with Crippen molar-refractivity contribution in [3.63, 3.8) is 0 Å². The van der Waals surface area contributed by atoms with Crippen LogP contribution in [0.25, 0.3) is 0 Å². The topological polar surface area (TPSA) is 38.3 Å². The van der Waals surface area contributed by atoms with Crippen molar-refractivity contribution in [1.82, 2.24) is 0 Å². The van der Waals surface area contributed by atoms with Crippen LogP contribution < -0.4 is 10.1 Å². The van der Waals surface area contributed by atoms with E-state index in [0.29, 0.717) is 12.0 Å². The van der Waals surface area contributed by atoms with Crippen molar-refractivity contribution in [2.24, 2.45) is 0 Å². The molecule has 0 aliphatic carbocycles. The van der Waals surface area contributed by atoms with Gasteiger partial charge in [-0.2, -0.15) is 0 Å². The molecule has 0 aliphatic heterocycles. The van der Waals surface area contributed by atoms with Crippen molar-refractivity contribution in [1.29, 1.82) is 0 Å². The molecule has 138 valence electrons. The van der Waals surface area contributed by atoms with Gasteiger partial charge in [0.15, 0.2) is 5.78 Å². The molecule has 4 heteroatoms. The number of aryl methyl sites for hydroxylation is 1. The second-order valence-electron chi connectivity index (χ2n) is 6.47. The normalized spacial score (nSPS) is 11.7. The Hall–Kier alpha value is -2.59. The Labute approximate surface area is 168 Å². The Balaban J connectivity index is 1.85. The first kappa shape index (κ1) is 19.2. The molecule has 0 saturated carbocycles. The highest BCUT2D eigenvalue weighted by atomic mass is 79.9. The van der Waals surface area contributed by atoms with Crippen molar-refractivity contribution in [3.05, 3.63) is 94.0 Å². The fraction of sp³-hybridized carbons (Fsp3) is 0.174. The molecule has 0 amide bonds. The number of methoxy groups -OCH3 is 1. The van der Waals surface area contributed by atoms with Gasteiger partial charge in [0, 0.05) is 22.1 Å². The summed E-state index contributed by atoms with van der Waals surface area (Å²) in [5, 5.41) is 3.51. The third-order valence-corrected chi connectivity index (χ3v) is 4.96. The molecule has 27 heavy (non-hydrogen) atoms. The van der Waals surface area contributed by atoms with Gasteiger partial charge in [0.2, 0.25) is 0 Å². The maximum absolute atomic E-state index is 12.8. The fourth-order valence-electron chi connectivity index (χ4n) is 2.96. The summed E-state index contributed by atoms with van der Waals surface area (Å²) in [6.45, 7) is 2.06. The minimum absolute atomic E-state index is 0.100. The maximum atomic E-state index is 12.8. The molecule has 3 rings (SSSR count). The lowest BCUT2D eigenvalue weighted by Gasteiger charge is -2.21. The van der Waals surface area contributed by atoms with E-state index in [9.17, 15) is 4.79 Å². The van der Waals surface area contributed by atoms with Gasteiger partial charge >= 0.3 is 0 Å². The summed E-state index contributed by atoms with van der Waals surface area (Å²) < 4.78 is 6.21. The highest BCUT2D eigenvalue weighted by Gasteiger charge is 2.18. The number of rotatable bonds is 7. The number of carbonyl (C=O) groups is 1. The van der Waals surface area contributed by atoms with E-state index in [0.717, 1.165) is 21.5 Å². The highest BCUT2D eigenvalue weighted by Crippen LogP contribution is 2.27. The number of ketones is 1. The quantitative estimate of drug-likeness (QED) is 0.460. The number of Topliss-reactive ketones (excluding diaryl/α,β-unsaturated/α-hetero) is 1. The maximum Gasteiger partial charge on any atom is 0.165 e. The van der Waals surface area contributed by atoms with Crippen molar-refractivity contribution in [2.45, 2.75) is 19.4 Å². The second-order valence-corrected chi connectivity index (χ2v) is 7.39. The van der Waals surface area contributed by atoms with Gasteiger partial charge in [-0.05, 0) is 54.4 Å².